The maximum Gasteiger partial charge on any atom is 0.277 e. The number of nitrogens with zero attached hydrogens (tertiary/aromatic N) is 2. The molecule has 122 valence electrons. The third-order valence-corrected chi connectivity index (χ3v) is 4.97. The third-order valence-electron chi connectivity index (χ3n) is 3.08. The van der Waals surface area contributed by atoms with E-state index in [-0.39, 0.29) is 11.5 Å². The Balaban J connectivity index is 1.68. The minimum atomic E-state index is -0.115. The van der Waals surface area contributed by atoms with Crippen LogP contribution in [0.15, 0.2) is 52.1 Å². The molecule has 0 spiro atoms. The number of hydrogen-bond donors (Lipinski definition) is 0. The van der Waals surface area contributed by atoms with Crippen LogP contribution in [0, 0.1) is 0 Å². The standard InChI is InChI=1S/C16H9Cl3N2O2S/c17-11-4-2-1-3-10(11)15-20-21-16(23-15)24-8-14(22)9-5-6-12(18)13(19)7-9/h1-7H,8H2. The monoisotopic (exact) mass is 398 g/mol. The summed E-state index contributed by atoms with van der Waals surface area (Å²) < 4.78 is 5.54. The summed E-state index contributed by atoms with van der Waals surface area (Å²) in [6.07, 6.45) is 0. The van der Waals surface area contributed by atoms with Crippen LogP contribution in [0.25, 0.3) is 11.5 Å². The van der Waals surface area contributed by atoms with Crippen LogP contribution >= 0.6 is 46.6 Å². The van der Waals surface area contributed by atoms with Crippen molar-refractivity contribution in [2.24, 2.45) is 0 Å². The van der Waals surface area contributed by atoms with Gasteiger partial charge in [0.15, 0.2) is 5.78 Å². The quantitative estimate of drug-likeness (QED) is 0.408. The largest absolute Gasteiger partial charge is 0.411 e. The number of ketones is 1. The number of hydrogen-bond acceptors (Lipinski definition) is 5. The summed E-state index contributed by atoms with van der Waals surface area (Å²) in [6.45, 7) is 0. The third kappa shape index (κ3) is 3.92. The molecule has 0 aliphatic heterocycles. The maximum atomic E-state index is 12.2. The van der Waals surface area contributed by atoms with Crippen LogP contribution in [0.2, 0.25) is 15.1 Å². The Labute approximate surface area is 157 Å². The van der Waals surface area contributed by atoms with Crippen molar-refractivity contribution in [3.05, 3.63) is 63.1 Å². The van der Waals surface area contributed by atoms with Crippen molar-refractivity contribution in [2.75, 3.05) is 5.75 Å². The highest BCUT2D eigenvalue weighted by Gasteiger charge is 2.14. The molecule has 0 radical (unpaired) electrons. The molecule has 0 aliphatic rings. The van der Waals surface area contributed by atoms with Gasteiger partial charge in [-0.25, -0.2) is 0 Å². The van der Waals surface area contributed by atoms with Crippen molar-refractivity contribution in [2.45, 2.75) is 5.22 Å². The molecule has 0 saturated heterocycles. The van der Waals surface area contributed by atoms with E-state index < -0.39 is 0 Å². The van der Waals surface area contributed by atoms with Gasteiger partial charge < -0.3 is 4.42 Å². The molecular weight excluding hydrogens is 391 g/mol. The minimum Gasteiger partial charge on any atom is -0.411 e. The lowest BCUT2D eigenvalue weighted by atomic mass is 10.1. The van der Waals surface area contributed by atoms with E-state index in [4.69, 9.17) is 39.2 Å². The highest BCUT2D eigenvalue weighted by Crippen LogP contribution is 2.29. The predicted molar refractivity (Wildman–Crippen MR) is 96.3 cm³/mol. The summed E-state index contributed by atoms with van der Waals surface area (Å²) in [4.78, 5) is 12.2. The van der Waals surface area contributed by atoms with Crippen LogP contribution in [0.1, 0.15) is 10.4 Å². The molecule has 1 aromatic heterocycles. The van der Waals surface area contributed by atoms with Crippen LogP contribution in [-0.2, 0) is 0 Å². The SMILES string of the molecule is O=C(CSc1nnc(-c2ccccc2Cl)o1)c1ccc(Cl)c(Cl)c1. The summed E-state index contributed by atoms with van der Waals surface area (Å²) in [7, 11) is 0. The summed E-state index contributed by atoms with van der Waals surface area (Å²) in [5.41, 5.74) is 1.12. The van der Waals surface area contributed by atoms with E-state index in [1.54, 1.807) is 24.3 Å². The molecule has 3 rings (SSSR count). The minimum absolute atomic E-state index is 0.115. The first kappa shape index (κ1) is 17.3. The summed E-state index contributed by atoms with van der Waals surface area (Å²) in [5.74, 6) is 0.336. The topological polar surface area (TPSA) is 56.0 Å². The van der Waals surface area contributed by atoms with Crippen LogP contribution in [0.5, 0.6) is 0 Å². The van der Waals surface area contributed by atoms with Gasteiger partial charge in [-0.05, 0) is 30.3 Å². The molecular formula is C16H9Cl3N2O2S. The van der Waals surface area contributed by atoms with Crippen LogP contribution in [0.4, 0.5) is 0 Å². The second-order valence-corrected chi connectivity index (χ2v) is 6.84. The van der Waals surface area contributed by atoms with E-state index in [2.05, 4.69) is 10.2 Å². The van der Waals surface area contributed by atoms with Gasteiger partial charge in [0, 0.05) is 5.56 Å². The van der Waals surface area contributed by atoms with Crippen molar-refractivity contribution in [3.8, 4) is 11.5 Å². The Morgan fingerprint density at radius 2 is 1.79 bits per heavy atom. The van der Waals surface area contributed by atoms with Crippen molar-refractivity contribution < 1.29 is 9.21 Å². The van der Waals surface area contributed by atoms with Crippen molar-refractivity contribution >= 4 is 52.3 Å². The fraction of sp³-hybridized carbons (Fsp3) is 0.0625. The molecule has 4 nitrogen and oxygen atoms in total. The Morgan fingerprint density at radius 3 is 2.54 bits per heavy atom. The number of carbonyl (C=O) groups is 1. The number of carbonyl (C=O) groups excluding carboxylic acids is 1. The second-order valence-electron chi connectivity index (χ2n) is 4.69. The van der Waals surface area contributed by atoms with E-state index >= 15 is 0 Å². The van der Waals surface area contributed by atoms with Crippen molar-refractivity contribution in [3.63, 3.8) is 0 Å². The first-order valence-electron chi connectivity index (χ1n) is 6.74. The summed E-state index contributed by atoms with van der Waals surface area (Å²) >= 11 is 19.0. The second kappa shape index (κ2) is 7.57. The molecule has 3 aromatic rings. The van der Waals surface area contributed by atoms with Gasteiger partial charge in [0.05, 0.1) is 26.4 Å². The Hall–Kier alpha value is -1.53. The van der Waals surface area contributed by atoms with Gasteiger partial charge in [-0.2, -0.15) is 0 Å². The van der Waals surface area contributed by atoms with E-state index in [0.29, 0.717) is 37.3 Å². The lowest BCUT2D eigenvalue weighted by Gasteiger charge is -2.01. The summed E-state index contributed by atoms with van der Waals surface area (Å²) in [5, 5.41) is 9.42. The molecule has 2 aromatic carbocycles. The van der Waals surface area contributed by atoms with Gasteiger partial charge in [-0.3, -0.25) is 4.79 Å². The van der Waals surface area contributed by atoms with Gasteiger partial charge in [-0.1, -0.05) is 58.7 Å². The van der Waals surface area contributed by atoms with E-state index in [1.165, 1.54) is 6.07 Å². The first-order valence-corrected chi connectivity index (χ1v) is 8.86. The van der Waals surface area contributed by atoms with Crippen LogP contribution < -0.4 is 0 Å². The average molecular weight is 400 g/mol. The van der Waals surface area contributed by atoms with Gasteiger partial charge in [0.2, 0.25) is 5.89 Å². The molecule has 0 saturated carbocycles. The number of benzene rings is 2. The van der Waals surface area contributed by atoms with Gasteiger partial charge in [0.1, 0.15) is 0 Å². The molecule has 0 N–H and O–H groups in total. The molecule has 1 heterocycles. The lowest BCUT2D eigenvalue weighted by Crippen LogP contribution is -2.02. The average Bonchev–Trinajstić information content (AvgIpc) is 3.04. The Kier molecular flexibility index (Phi) is 5.46. The van der Waals surface area contributed by atoms with Crippen molar-refractivity contribution in [1.29, 1.82) is 0 Å². The molecule has 0 bridgehead atoms. The van der Waals surface area contributed by atoms with Crippen LogP contribution in [0.3, 0.4) is 0 Å². The number of rotatable bonds is 5. The zero-order valence-corrected chi connectivity index (χ0v) is 15.1. The smallest absolute Gasteiger partial charge is 0.277 e. The zero-order chi connectivity index (χ0) is 17.1. The number of Topliss-reactive ketones (excluding diaryl/α,β-unsaturated/α-hetero) is 1. The Bertz CT molecular complexity index is 899. The van der Waals surface area contributed by atoms with Crippen molar-refractivity contribution in [1.82, 2.24) is 10.2 Å². The molecule has 0 atom stereocenters. The van der Waals surface area contributed by atoms with E-state index in [1.807, 2.05) is 12.1 Å². The van der Waals surface area contributed by atoms with Gasteiger partial charge >= 0.3 is 0 Å². The molecule has 0 fully saturated rings. The Morgan fingerprint density at radius 1 is 1.00 bits per heavy atom. The molecule has 0 amide bonds. The van der Waals surface area contributed by atoms with E-state index in [9.17, 15) is 4.79 Å². The number of thioether (sulfide) groups is 1. The number of halogens is 3. The van der Waals surface area contributed by atoms with Crippen LogP contribution in [-0.4, -0.2) is 21.7 Å². The highest BCUT2D eigenvalue weighted by atomic mass is 35.5. The zero-order valence-electron chi connectivity index (χ0n) is 12.0. The fourth-order valence-corrected chi connectivity index (χ4v) is 3.06. The molecule has 8 heteroatoms. The molecule has 24 heavy (non-hydrogen) atoms. The highest BCUT2D eigenvalue weighted by molar-refractivity contribution is 7.99. The maximum absolute atomic E-state index is 12.2. The van der Waals surface area contributed by atoms with E-state index in [0.717, 1.165) is 11.8 Å². The molecule has 0 aliphatic carbocycles. The lowest BCUT2D eigenvalue weighted by molar-refractivity contribution is 0.102. The predicted octanol–water partition coefficient (Wildman–Crippen LogP) is 5.67. The number of aromatic nitrogens is 2. The normalized spacial score (nSPS) is 10.8. The summed E-state index contributed by atoms with van der Waals surface area (Å²) in [6, 6.07) is 11.9. The fourth-order valence-electron chi connectivity index (χ4n) is 1.89. The first-order chi connectivity index (χ1) is 11.5. The van der Waals surface area contributed by atoms with Gasteiger partial charge in [0.25, 0.3) is 5.22 Å². The molecule has 0 unspecified atom stereocenters. The van der Waals surface area contributed by atoms with Gasteiger partial charge in [-0.15, -0.1) is 10.2 Å².